The Labute approximate surface area is 153 Å². The van der Waals surface area contributed by atoms with Crippen molar-refractivity contribution in [3.63, 3.8) is 0 Å². The second-order valence-electron chi connectivity index (χ2n) is 6.93. The number of halogens is 1. The standard InChI is InChI=1S/C18H25ClN4O2/c19-15-4-5-16(21-11-15)22-18(25)14-2-1-9-23(12-14)17(24)6-3-13-7-8-20-10-13/h4-5,11,13-14,20H,1-3,6-10,12H2,(H,21,22,25). The summed E-state index contributed by atoms with van der Waals surface area (Å²) in [7, 11) is 0. The lowest BCUT2D eigenvalue weighted by molar-refractivity contribution is -0.134. The van der Waals surface area contributed by atoms with Crippen molar-refractivity contribution in [3.05, 3.63) is 23.4 Å². The molecular formula is C18H25ClN4O2. The van der Waals surface area contributed by atoms with Gasteiger partial charge in [-0.2, -0.15) is 0 Å². The largest absolute Gasteiger partial charge is 0.342 e. The van der Waals surface area contributed by atoms with E-state index in [1.807, 2.05) is 4.90 Å². The Morgan fingerprint density at radius 3 is 2.96 bits per heavy atom. The van der Waals surface area contributed by atoms with Gasteiger partial charge in [0, 0.05) is 25.7 Å². The Hall–Kier alpha value is -1.66. The topological polar surface area (TPSA) is 74.3 Å². The molecule has 0 spiro atoms. The third-order valence-corrected chi connectivity index (χ3v) is 5.28. The number of carbonyl (C=O) groups excluding carboxylic acids is 2. The summed E-state index contributed by atoms with van der Waals surface area (Å²) >= 11 is 5.80. The smallest absolute Gasteiger partial charge is 0.230 e. The molecule has 6 nitrogen and oxygen atoms in total. The van der Waals surface area contributed by atoms with Crippen molar-refractivity contribution in [2.45, 2.75) is 32.1 Å². The Morgan fingerprint density at radius 1 is 1.36 bits per heavy atom. The molecule has 2 N–H and O–H groups in total. The molecule has 1 aromatic rings. The average molecular weight is 365 g/mol. The van der Waals surface area contributed by atoms with E-state index in [1.165, 1.54) is 6.20 Å². The van der Waals surface area contributed by atoms with Crippen molar-refractivity contribution in [1.29, 1.82) is 0 Å². The molecule has 0 aromatic carbocycles. The minimum Gasteiger partial charge on any atom is -0.342 e. The number of amides is 2. The van der Waals surface area contributed by atoms with Crippen LogP contribution in [0.2, 0.25) is 5.02 Å². The molecule has 0 saturated carbocycles. The van der Waals surface area contributed by atoms with E-state index in [2.05, 4.69) is 15.6 Å². The first kappa shape index (κ1) is 18.1. The van der Waals surface area contributed by atoms with Gasteiger partial charge in [-0.15, -0.1) is 0 Å². The number of hydrogen-bond acceptors (Lipinski definition) is 4. The normalized spacial score (nSPS) is 23.5. The SMILES string of the molecule is O=C(Nc1ccc(Cl)cn1)C1CCCN(C(=O)CCC2CCNC2)C1. The van der Waals surface area contributed by atoms with Crippen LogP contribution in [0.25, 0.3) is 0 Å². The number of rotatable bonds is 5. The van der Waals surface area contributed by atoms with Gasteiger partial charge in [-0.25, -0.2) is 4.98 Å². The molecule has 3 rings (SSSR count). The van der Waals surface area contributed by atoms with E-state index in [4.69, 9.17) is 11.6 Å². The van der Waals surface area contributed by atoms with E-state index >= 15 is 0 Å². The summed E-state index contributed by atoms with van der Waals surface area (Å²) in [5.41, 5.74) is 0. The Kier molecular flexibility index (Phi) is 6.26. The Balaban J connectivity index is 1.48. The summed E-state index contributed by atoms with van der Waals surface area (Å²) in [6.45, 7) is 3.34. The first-order valence-corrected chi connectivity index (χ1v) is 9.40. The second-order valence-corrected chi connectivity index (χ2v) is 7.36. The first-order valence-electron chi connectivity index (χ1n) is 9.03. The number of aromatic nitrogens is 1. The quantitative estimate of drug-likeness (QED) is 0.840. The average Bonchev–Trinajstić information content (AvgIpc) is 3.15. The fraction of sp³-hybridized carbons (Fsp3) is 0.611. The van der Waals surface area contributed by atoms with Crippen LogP contribution in [0.3, 0.4) is 0 Å². The van der Waals surface area contributed by atoms with Gasteiger partial charge in [0.15, 0.2) is 0 Å². The summed E-state index contributed by atoms with van der Waals surface area (Å²) in [6.07, 6.45) is 5.85. The van der Waals surface area contributed by atoms with Gasteiger partial charge >= 0.3 is 0 Å². The highest BCUT2D eigenvalue weighted by atomic mass is 35.5. The zero-order chi connectivity index (χ0) is 17.6. The molecular weight excluding hydrogens is 340 g/mol. The monoisotopic (exact) mass is 364 g/mol. The highest BCUT2D eigenvalue weighted by Crippen LogP contribution is 2.21. The Bertz CT molecular complexity index is 602. The van der Waals surface area contributed by atoms with E-state index in [1.54, 1.807) is 12.1 Å². The van der Waals surface area contributed by atoms with Gasteiger partial charge in [0.1, 0.15) is 5.82 Å². The van der Waals surface area contributed by atoms with E-state index < -0.39 is 0 Å². The molecule has 2 saturated heterocycles. The summed E-state index contributed by atoms with van der Waals surface area (Å²) in [5.74, 6) is 1.03. The van der Waals surface area contributed by atoms with Gasteiger partial charge in [0.05, 0.1) is 10.9 Å². The molecule has 2 unspecified atom stereocenters. The van der Waals surface area contributed by atoms with Crippen LogP contribution in [0.15, 0.2) is 18.3 Å². The molecule has 7 heteroatoms. The third kappa shape index (κ3) is 5.16. The molecule has 2 amide bonds. The van der Waals surface area contributed by atoms with E-state index in [9.17, 15) is 9.59 Å². The van der Waals surface area contributed by atoms with Crippen molar-refractivity contribution in [1.82, 2.24) is 15.2 Å². The van der Waals surface area contributed by atoms with Crippen LogP contribution in [0.5, 0.6) is 0 Å². The maximum absolute atomic E-state index is 12.5. The molecule has 2 aliphatic heterocycles. The van der Waals surface area contributed by atoms with Gasteiger partial charge in [-0.3, -0.25) is 9.59 Å². The zero-order valence-corrected chi connectivity index (χ0v) is 15.1. The molecule has 0 aliphatic carbocycles. The lowest BCUT2D eigenvalue weighted by atomic mass is 9.96. The molecule has 2 aliphatic rings. The van der Waals surface area contributed by atoms with Crippen LogP contribution in [0.1, 0.15) is 32.1 Å². The molecule has 2 fully saturated rings. The number of carbonyl (C=O) groups is 2. The number of nitrogens with one attached hydrogen (secondary N) is 2. The number of anilines is 1. The number of likely N-dealkylation sites (tertiary alicyclic amines) is 1. The molecule has 0 radical (unpaired) electrons. The van der Waals surface area contributed by atoms with Crippen molar-refractivity contribution < 1.29 is 9.59 Å². The van der Waals surface area contributed by atoms with Gasteiger partial charge in [0.25, 0.3) is 0 Å². The van der Waals surface area contributed by atoms with Gasteiger partial charge in [-0.05, 0) is 56.8 Å². The highest BCUT2D eigenvalue weighted by Gasteiger charge is 2.29. The minimum atomic E-state index is -0.177. The maximum atomic E-state index is 12.5. The maximum Gasteiger partial charge on any atom is 0.230 e. The highest BCUT2D eigenvalue weighted by molar-refractivity contribution is 6.30. The van der Waals surface area contributed by atoms with E-state index in [-0.39, 0.29) is 17.7 Å². The van der Waals surface area contributed by atoms with Crippen LogP contribution in [0, 0.1) is 11.8 Å². The molecule has 0 bridgehead atoms. The third-order valence-electron chi connectivity index (χ3n) is 5.05. The van der Waals surface area contributed by atoms with E-state index in [0.29, 0.717) is 29.7 Å². The fourth-order valence-corrected chi connectivity index (χ4v) is 3.65. The molecule has 1 aromatic heterocycles. The molecule has 3 heterocycles. The van der Waals surface area contributed by atoms with Gasteiger partial charge < -0.3 is 15.5 Å². The minimum absolute atomic E-state index is 0.0766. The predicted molar refractivity (Wildman–Crippen MR) is 97.4 cm³/mol. The van der Waals surface area contributed by atoms with Crippen LogP contribution >= 0.6 is 11.6 Å². The lowest BCUT2D eigenvalue weighted by Crippen LogP contribution is -2.43. The number of piperidine rings is 1. The van der Waals surface area contributed by atoms with Crippen LogP contribution in [-0.4, -0.2) is 47.9 Å². The summed E-state index contributed by atoms with van der Waals surface area (Å²) in [6, 6.07) is 3.38. The van der Waals surface area contributed by atoms with Crippen molar-refractivity contribution >= 4 is 29.2 Å². The van der Waals surface area contributed by atoms with Crippen molar-refractivity contribution in [2.24, 2.45) is 11.8 Å². The second kappa shape index (κ2) is 8.63. The molecule has 25 heavy (non-hydrogen) atoms. The van der Waals surface area contributed by atoms with Crippen LogP contribution in [0.4, 0.5) is 5.82 Å². The first-order chi connectivity index (χ1) is 12.1. The number of pyridine rings is 1. The van der Waals surface area contributed by atoms with Gasteiger partial charge in [0.2, 0.25) is 11.8 Å². The van der Waals surface area contributed by atoms with E-state index in [0.717, 1.165) is 45.3 Å². The predicted octanol–water partition coefficient (Wildman–Crippen LogP) is 2.30. The zero-order valence-electron chi connectivity index (χ0n) is 14.3. The van der Waals surface area contributed by atoms with Gasteiger partial charge in [-0.1, -0.05) is 11.6 Å². The van der Waals surface area contributed by atoms with Crippen LogP contribution in [-0.2, 0) is 9.59 Å². The summed E-state index contributed by atoms with van der Waals surface area (Å²) in [4.78, 5) is 30.9. The molecule has 2 atom stereocenters. The van der Waals surface area contributed by atoms with Crippen molar-refractivity contribution in [2.75, 3.05) is 31.5 Å². The Morgan fingerprint density at radius 2 is 2.24 bits per heavy atom. The lowest BCUT2D eigenvalue weighted by Gasteiger charge is -2.32. The number of hydrogen-bond donors (Lipinski definition) is 2. The van der Waals surface area contributed by atoms with Crippen molar-refractivity contribution in [3.8, 4) is 0 Å². The summed E-state index contributed by atoms with van der Waals surface area (Å²) in [5, 5.41) is 6.68. The van der Waals surface area contributed by atoms with Crippen LogP contribution < -0.4 is 10.6 Å². The molecule has 136 valence electrons. The number of nitrogens with zero attached hydrogens (tertiary/aromatic N) is 2. The summed E-state index contributed by atoms with van der Waals surface area (Å²) < 4.78 is 0. The fourth-order valence-electron chi connectivity index (χ4n) is 3.54.